The number of hydrogen-bond acceptors (Lipinski definition) is 2. The minimum atomic E-state index is 0.142. The monoisotopic (exact) mass is 296 g/mol. The van der Waals surface area contributed by atoms with Crippen LogP contribution in [0.2, 0.25) is 0 Å². The molecule has 0 aromatic heterocycles. The maximum atomic E-state index is 6.33. The van der Waals surface area contributed by atoms with Crippen molar-refractivity contribution >= 4 is 15.9 Å². The van der Waals surface area contributed by atoms with Gasteiger partial charge in [-0.25, -0.2) is 0 Å². The average Bonchev–Trinajstić information content (AvgIpc) is 2.33. The molecule has 1 aromatic rings. The molecule has 2 unspecified atom stereocenters. The first-order valence-corrected chi connectivity index (χ1v) is 7.21. The molecule has 1 aliphatic rings. The van der Waals surface area contributed by atoms with Crippen LogP contribution in [0.25, 0.3) is 0 Å². The molecule has 0 saturated carbocycles. The number of aryl methyl sites for hydroxylation is 1. The average molecular weight is 297 g/mol. The zero-order valence-corrected chi connectivity index (χ0v) is 12.0. The van der Waals surface area contributed by atoms with Crippen LogP contribution in [-0.4, -0.2) is 12.6 Å². The highest BCUT2D eigenvalue weighted by Crippen LogP contribution is 2.25. The highest BCUT2D eigenvalue weighted by atomic mass is 79.9. The van der Waals surface area contributed by atoms with E-state index in [-0.39, 0.29) is 6.04 Å². The summed E-state index contributed by atoms with van der Waals surface area (Å²) in [6, 6.07) is 7.10. The van der Waals surface area contributed by atoms with Gasteiger partial charge in [0.15, 0.2) is 0 Å². The molecule has 0 radical (unpaired) electrons. The van der Waals surface area contributed by atoms with Crippen LogP contribution in [-0.2, 0) is 0 Å². The Morgan fingerprint density at radius 2 is 2.29 bits per heavy atom. The van der Waals surface area contributed by atoms with Crippen molar-refractivity contribution in [3.8, 4) is 0 Å². The van der Waals surface area contributed by atoms with Gasteiger partial charge >= 0.3 is 0 Å². The first kappa shape index (κ1) is 13.1. The lowest BCUT2D eigenvalue weighted by Crippen LogP contribution is -2.36. The highest BCUT2D eigenvalue weighted by molar-refractivity contribution is 9.10. The van der Waals surface area contributed by atoms with E-state index in [1.165, 1.54) is 30.4 Å². The van der Waals surface area contributed by atoms with Gasteiger partial charge in [0.25, 0.3) is 0 Å². The molecule has 1 fully saturated rings. The van der Waals surface area contributed by atoms with Crippen molar-refractivity contribution in [1.82, 2.24) is 5.32 Å². The highest BCUT2D eigenvalue weighted by Gasteiger charge is 2.18. The van der Waals surface area contributed by atoms with Crippen LogP contribution in [0, 0.1) is 6.92 Å². The van der Waals surface area contributed by atoms with Gasteiger partial charge in [0.1, 0.15) is 0 Å². The minimum absolute atomic E-state index is 0.142. The van der Waals surface area contributed by atoms with Crippen LogP contribution in [0.3, 0.4) is 0 Å². The lowest BCUT2D eigenvalue weighted by molar-refractivity contribution is 0.362. The van der Waals surface area contributed by atoms with E-state index >= 15 is 0 Å². The van der Waals surface area contributed by atoms with Gasteiger partial charge in [-0.05, 0) is 56.0 Å². The number of piperidine rings is 1. The quantitative estimate of drug-likeness (QED) is 0.898. The van der Waals surface area contributed by atoms with Crippen molar-refractivity contribution in [3.63, 3.8) is 0 Å². The van der Waals surface area contributed by atoms with Crippen molar-refractivity contribution in [1.29, 1.82) is 0 Å². The van der Waals surface area contributed by atoms with E-state index in [2.05, 4.69) is 46.4 Å². The van der Waals surface area contributed by atoms with Crippen LogP contribution in [0.15, 0.2) is 22.7 Å². The second kappa shape index (κ2) is 5.98. The first-order chi connectivity index (χ1) is 8.16. The normalized spacial score (nSPS) is 22.4. The Morgan fingerprint density at radius 3 is 3.00 bits per heavy atom. The number of nitrogens with two attached hydrogens (primary N) is 1. The van der Waals surface area contributed by atoms with Crippen LogP contribution in [0.5, 0.6) is 0 Å². The fourth-order valence-corrected chi connectivity index (χ4v) is 2.95. The Morgan fingerprint density at radius 1 is 1.47 bits per heavy atom. The Balaban J connectivity index is 2.02. The molecule has 1 aromatic carbocycles. The lowest BCUT2D eigenvalue weighted by Gasteiger charge is -2.27. The van der Waals surface area contributed by atoms with Gasteiger partial charge in [0.05, 0.1) is 0 Å². The lowest BCUT2D eigenvalue weighted by atomic mass is 9.93. The largest absolute Gasteiger partial charge is 0.324 e. The van der Waals surface area contributed by atoms with Gasteiger partial charge in [0.2, 0.25) is 0 Å². The molecular weight excluding hydrogens is 276 g/mol. The Bertz CT molecular complexity index is 372. The summed E-state index contributed by atoms with van der Waals surface area (Å²) in [6.45, 7) is 3.28. The standard InChI is InChI=1S/C14H21BrN2/c1-10-5-6-11(15)8-13(10)14(16)9-12-4-2-3-7-17-12/h5-6,8,12,14,17H,2-4,7,9,16H2,1H3. The zero-order valence-electron chi connectivity index (χ0n) is 10.4. The van der Waals surface area contributed by atoms with Crippen LogP contribution in [0.4, 0.5) is 0 Å². The van der Waals surface area contributed by atoms with E-state index in [9.17, 15) is 0 Å². The summed E-state index contributed by atoms with van der Waals surface area (Å²) < 4.78 is 1.12. The molecule has 2 nitrogen and oxygen atoms in total. The van der Waals surface area contributed by atoms with Crippen LogP contribution < -0.4 is 11.1 Å². The van der Waals surface area contributed by atoms with E-state index < -0.39 is 0 Å². The maximum absolute atomic E-state index is 6.33. The molecular formula is C14H21BrN2. The first-order valence-electron chi connectivity index (χ1n) is 6.42. The Labute approximate surface area is 112 Å². The van der Waals surface area contributed by atoms with E-state index in [1.54, 1.807) is 0 Å². The summed E-state index contributed by atoms with van der Waals surface area (Å²) in [5.74, 6) is 0. The molecule has 0 aliphatic carbocycles. The van der Waals surface area contributed by atoms with Gasteiger partial charge in [-0.1, -0.05) is 28.4 Å². The predicted octanol–water partition coefficient (Wildman–Crippen LogP) is 3.29. The summed E-state index contributed by atoms with van der Waals surface area (Å²) in [5.41, 5.74) is 8.89. The van der Waals surface area contributed by atoms with Crippen LogP contribution in [0.1, 0.15) is 42.9 Å². The molecule has 0 bridgehead atoms. The Kier molecular flexibility index (Phi) is 4.60. The van der Waals surface area contributed by atoms with Crippen molar-refractivity contribution in [2.45, 2.75) is 44.7 Å². The molecule has 1 saturated heterocycles. The SMILES string of the molecule is Cc1ccc(Br)cc1C(N)CC1CCCCN1. The number of benzene rings is 1. The number of hydrogen-bond donors (Lipinski definition) is 2. The van der Waals surface area contributed by atoms with E-state index in [0.29, 0.717) is 6.04 Å². The summed E-state index contributed by atoms with van der Waals surface area (Å²) in [6.07, 6.45) is 4.95. The second-order valence-corrected chi connectivity index (χ2v) is 5.91. The predicted molar refractivity (Wildman–Crippen MR) is 76.1 cm³/mol. The van der Waals surface area contributed by atoms with Gasteiger partial charge in [0, 0.05) is 16.6 Å². The molecule has 0 spiro atoms. The van der Waals surface area contributed by atoms with Crippen molar-refractivity contribution in [3.05, 3.63) is 33.8 Å². The molecule has 2 atom stereocenters. The molecule has 1 aliphatic heterocycles. The summed E-state index contributed by atoms with van der Waals surface area (Å²) in [7, 11) is 0. The van der Waals surface area contributed by atoms with Gasteiger partial charge in [-0.15, -0.1) is 0 Å². The maximum Gasteiger partial charge on any atom is 0.0312 e. The van der Waals surface area contributed by atoms with E-state index in [4.69, 9.17) is 5.73 Å². The smallest absolute Gasteiger partial charge is 0.0312 e. The molecule has 3 heteroatoms. The summed E-state index contributed by atoms with van der Waals surface area (Å²) >= 11 is 3.52. The second-order valence-electron chi connectivity index (χ2n) is 4.99. The van der Waals surface area contributed by atoms with Crippen molar-refractivity contribution in [2.75, 3.05) is 6.54 Å². The molecule has 0 amide bonds. The fraction of sp³-hybridized carbons (Fsp3) is 0.571. The van der Waals surface area contributed by atoms with Gasteiger partial charge in [-0.2, -0.15) is 0 Å². The molecule has 17 heavy (non-hydrogen) atoms. The third-order valence-corrected chi connectivity index (χ3v) is 4.08. The number of nitrogens with one attached hydrogen (secondary N) is 1. The zero-order chi connectivity index (χ0) is 12.3. The third kappa shape index (κ3) is 3.54. The van der Waals surface area contributed by atoms with Gasteiger partial charge in [-0.3, -0.25) is 0 Å². The molecule has 2 rings (SSSR count). The van der Waals surface area contributed by atoms with Gasteiger partial charge < -0.3 is 11.1 Å². The molecule has 94 valence electrons. The number of halogens is 1. The van der Waals surface area contributed by atoms with Crippen molar-refractivity contribution in [2.24, 2.45) is 5.73 Å². The number of rotatable bonds is 3. The van der Waals surface area contributed by atoms with Crippen molar-refractivity contribution < 1.29 is 0 Å². The Hall–Kier alpha value is -0.380. The summed E-state index contributed by atoms with van der Waals surface area (Å²) in [4.78, 5) is 0. The minimum Gasteiger partial charge on any atom is -0.324 e. The van der Waals surface area contributed by atoms with E-state index in [0.717, 1.165) is 17.4 Å². The topological polar surface area (TPSA) is 38.0 Å². The van der Waals surface area contributed by atoms with E-state index in [1.807, 2.05) is 0 Å². The fourth-order valence-electron chi connectivity index (χ4n) is 2.57. The molecule has 3 N–H and O–H groups in total. The molecule has 1 heterocycles. The summed E-state index contributed by atoms with van der Waals surface area (Å²) in [5, 5.41) is 3.56. The van der Waals surface area contributed by atoms with Crippen LogP contribution >= 0.6 is 15.9 Å². The third-order valence-electron chi connectivity index (χ3n) is 3.59.